The second-order valence-electron chi connectivity index (χ2n) is 6.23. The third-order valence-electron chi connectivity index (χ3n) is 4.54. The summed E-state index contributed by atoms with van der Waals surface area (Å²) < 4.78 is 5.36. The molecule has 1 saturated heterocycles. The number of pyridine rings is 1. The second-order valence-corrected chi connectivity index (χ2v) is 6.23. The molecule has 7 nitrogen and oxygen atoms in total. The molecule has 2 atom stereocenters. The Kier molecular flexibility index (Phi) is 4.83. The van der Waals surface area contributed by atoms with Gasteiger partial charge in [0.25, 0.3) is 5.91 Å². The van der Waals surface area contributed by atoms with E-state index >= 15 is 0 Å². The molecule has 2 aromatic heterocycles. The molecule has 132 valence electrons. The Morgan fingerprint density at radius 3 is 2.84 bits per heavy atom. The predicted octanol–water partition coefficient (Wildman–Crippen LogP) is 2.03. The molecule has 1 fully saturated rings. The summed E-state index contributed by atoms with van der Waals surface area (Å²) in [5.41, 5.74) is 1.55. The van der Waals surface area contributed by atoms with Crippen molar-refractivity contribution in [2.75, 3.05) is 13.1 Å². The van der Waals surface area contributed by atoms with E-state index in [2.05, 4.69) is 15.3 Å². The van der Waals surface area contributed by atoms with Crippen LogP contribution in [0.15, 0.2) is 28.9 Å². The Bertz CT molecular complexity index is 772. The van der Waals surface area contributed by atoms with E-state index in [-0.39, 0.29) is 29.5 Å². The van der Waals surface area contributed by atoms with Crippen molar-refractivity contribution in [3.05, 3.63) is 47.4 Å². The topological polar surface area (TPSA) is 88.3 Å². The normalized spacial score (nSPS) is 20.1. The van der Waals surface area contributed by atoms with Crippen LogP contribution in [0.4, 0.5) is 0 Å². The Labute approximate surface area is 146 Å². The Hall–Kier alpha value is -2.70. The van der Waals surface area contributed by atoms with E-state index in [0.29, 0.717) is 31.1 Å². The molecule has 3 heterocycles. The lowest BCUT2D eigenvalue weighted by atomic mass is 9.94. The maximum absolute atomic E-state index is 12.4. The smallest absolute Gasteiger partial charge is 0.289 e. The highest BCUT2D eigenvalue weighted by molar-refractivity contribution is 5.92. The van der Waals surface area contributed by atoms with Crippen molar-refractivity contribution in [3.63, 3.8) is 0 Å². The van der Waals surface area contributed by atoms with Gasteiger partial charge in [0.15, 0.2) is 5.89 Å². The van der Waals surface area contributed by atoms with Crippen molar-refractivity contribution in [1.82, 2.24) is 20.2 Å². The summed E-state index contributed by atoms with van der Waals surface area (Å²) >= 11 is 0. The molecule has 1 N–H and O–H groups in total. The lowest BCUT2D eigenvalue weighted by Gasteiger charge is -2.27. The fraction of sp³-hybridized carbons (Fsp3) is 0.444. The van der Waals surface area contributed by atoms with E-state index in [9.17, 15) is 9.59 Å². The summed E-state index contributed by atoms with van der Waals surface area (Å²) in [5, 5.41) is 2.89. The first-order valence-electron chi connectivity index (χ1n) is 8.42. The number of aryl methyl sites for hydroxylation is 2. The van der Waals surface area contributed by atoms with Gasteiger partial charge in [-0.1, -0.05) is 6.07 Å². The quantitative estimate of drug-likeness (QED) is 0.898. The molecule has 1 aliphatic heterocycles. The van der Waals surface area contributed by atoms with Crippen LogP contribution in [0.1, 0.15) is 47.1 Å². The number of likely N-dealkylation sites (tertiary alicyclic amines) is 1. The van der Waals surface area contributed by atoms with Crippen LogP contribution >= 0.6 is 0 Å². The molecular formula is C18H22N4O3. The first kappa shape index (κ1) is 17.1. The summed E-state index contributed by atoms with van der Waals surface area (Å²) in [6.45, 7) is 6.42. The van der Waals surface area contributed by atoms with E-state index in [1.165, 1.54) is 0 Å². The van der Waals surface area contributed by atoms with Crippen LogP contribution in [-0.4, -0.2) is 39.8 Å². The van der Waals surface area contributed by atoms with Crippen LogP contribution in [0, 0.1) is 19.8 Å². The number of oxazole rings is 1. The Balaban J connectivity index is 1.75. The van der Waals surface area contributed by atoms with E-state index in [4.69, 9.17) is 4.42 Å². The first-order valence-corrected chi connectivity index (χ1v) is 8.42. The van der Waals surface area contributed by atoms with Gasteiger partial charge in [0.1, 0.15) is 0 Å². The van der Waals surface area contributed by atoms with Gasteiger partial charge in [-0.2, -0.15) is 0 Å². The van der Waals surface area contributed by atoms with Gasteiger partial charge >= 0.3 is 0 Å². The van der Waals surface area contributed by atoms with Crippen molar-refractivity contribution in [2.24, 2.45) is 5.92 Å². The largest absolute Gasteiger partial charge is 0.436 e. The first-order chi connectivity index (χ1) is 12.0. The third kappa shape index (κ3) is 3.40. The summed E-state index contributed by atoms with van der Waals surface area (Å²) in [5.74, 6) is 0.480. The average Bonchev–Trinajstić information content (AvgIpc) is 3.11. The number of nitrogens with zero attached hydrogens (tertiary/aromatic N) is 3. The summed E-state index contributed by atoms with van der Waals surface area (Å²) in [6, 6.07) is 3.75. The van der Waals surface area contributed by atoms with Crippen LogP contribution in [0.2, 0.25) is 0 Å². The lowest BCUT2D eigenvalue weighted by Crippen LogP contribution is -2.34. The van der Waals surface area contributed by atoms with Crippen LogP contribution in [0.25, 0.3) is 0 Å². The van der Waals surface area contributed by atoms with Crippen LogP contribution in [-0.2, 0) is 4.79 Å². The van der Waals surface area contributed by atoms with Gasteiger partial charge < -0.3 is 14.6 Å². The monoisotopic (exact) mass is 342 g/mol. The van der Waals surface area contributed by atoms with E-state index in [1.54, 1.807) is 26.2 Å². The lowest BCUT2D eigenvalue weighted by molar-refractivity contribution is -0.128. The van der Waals surface area contributed by atoms with Gasteiger partial charge in [-0.3, -0.25) is 14.6 Å². The van der Waals surface area contributed by atoms with Gasteiger partial charge in [0.05, 0.1) is 11.7 Å². The molecule has 7 heteroatoms. The number of nitrogens with one attached hydrogen (secondary N) is 1. The average molecular weight is 342 g/mol. The van der Waals surface area contributed by atoms with Crippen LogP contribution in [0.5, 0.6) is 0 Å². The van der Waals surface area contributed by atoms with Gasteiger partial charge in [-0.05, 0) is 25.5 Å². The molecule has 2 aromatic rings. The number of hydrogen-bond acceptors (Lipinski definition) is 5. The second kappa shape index (κ2) is 7.04. The Morgan fingerprint density at radius 1 is 1.44 bits per heavy atom. The molecule has 0 unspecified atom stereocenters. The Morgan fingerprint density at radius 2 is 2.24 bits per heavy atom. The molecule has 3 rings (SSSR count). The molecule has 2 amide bonds. The highest BCUT2D eigenvalue weighted by Crippen LogP contribution is 2.37. The fourth-order valence-corrected chi connectivity index (χ4v) is 3.47. The van der Waals surface area contributed by atoms with Crippen molar-refractivity contribution >= 4 is 11.8 Å². The van der Waals surface area contributed by atoms with Crippen LogP contribution in [0.3, 0.4) is 0 Å². The van der Waals surface area contributed by atoms with E-state index in [0.717, 1.165) is 5.56 Å². The zero-order valence-corrected chi connectivity index (χ0v) is 14.7. The van der Waals surface area contributed by atoms with Crippen molar-refractivity contribution in [2.45, 2.75) is 33.2 Å². The fourth-order valence-electron chi connectivity index (χ4n) is 3.47. The number of carbonyl (C=O) groups is 2. The molecule has 0 radical (unpaired) electrons. The van der Waals surface area contributed by atoms with E-state index < -0.39 is 0 Å². The van der Waals surface area contributed by atoms with Crippen LogP contribution < -0.4 is 5.32 Å². The van der Waals surface area contributed by atoms with Crippen molar-refractivity contribution < 1.29 is 14.0 Å². The molecular weight excluding hydrogens is 320 g/mol. The molecule has 1 aliphatic rings. The molecule has 0 aliphatic carbocycles. The number of aromatic nitrogens is 2. The summed E-state index contributed by atoms with van der Waals surface area (Å²) in [6.07, 6.45) is 3.90. The minimum atomic E-state index is -0.301. The van der Waals surface area contributed by atoms with E-state index in [1.807, 2.05) is 24.0 Å². The maximum atomic E-state index is 12.4. The van der Waals surface area contributed by atoms with Gasteiger partial charge in [0, 0.05) is 44.7 Å². The number of rotatable bonds is 5. The molecule has 0 saturated carbocycles. The minimum absolute atomic E-state index is 0.00933. The molecule has 0 bridgehead atoms. The standard InChI is InChI=1S/C18H22N4O3/c1-4-22-15(23)8-14(16(22)13-6-5-7-19-9-13)10-20-18(24)17-11(2)21-12(3)25-17/h5-7,9,14,16H,4,8,10H2,1-3H3,(H,20,24)/t14-,16-/m0/s1. The summed E-state index contributed by atoms with van der Waals surface area (Å²) in [4.78, 5) is 34.8. The minimum Gasteiger partial charge on any atom is -0.436 e. The molecule has 0 aromatic carbocycles. The predicted molar refractivity (Wildman–Crippen MR) is 90.8 cm³/mol. The highest BCUT2D eigenvalue weighted by Gasteiger charge is 2.40. The van der Waals surface area contributed by atoms with Gasteiger partial charge in [0.2, 0.25) is 11.7 Å². The summed E-state index contributed by atoms with van der Waals surface area (Å²) in [7, 11) is 0. The third-order valence-corrected chi connectivity index (χ3v) is 4.54. The maximum Gasteiger partial charge on any atom is 0.289 e. The SMILES string of the molecule is CCN1C(=O)C[C@@H](CNC(=O)c2oc(C)nc2C)[C@@H]1c1cccnc1. The molecule has 0 spiro atoms. The van der Waals surface area contributed by atoms with Gasteiger partial charge in [-0.15, -0.1) is 0 Å². The van der Waals surface area contributed by atoms with Crippen molar-refractivity contribution in [1.29, 1.82) is 0 Å². The number of carbonyl (C=O) groups excluding carboxylic acids is 2. The highest BCUT2D eigenvalue weighted by atomic mass is 16.4. The zero-order chi connectivity index (χ0) is 18.0. The zero-order valence-electron chi connectivity index (χ0n) is 14.7. The number of amides is 2. The molecule has 25 heavy (non-hydrogen) atoms. The van der Waals surface area contributed by atoms with Gasteiger partial charge in [-0.25, -0.2) is 4.98 Å². The van der Waals surface area contributed by atoms with Crippen molar-refractivity contribution in [3.8, 4) is 0 Å². The number of hydrogen-bond donors (Lipinski definition) is 1.